The zero-order valence-electron chi connectivity index (χ0n) is 13.6. The van der Waals surface area contributed by atoms with Crippen LogP contribution in [0, 0.1) is 13.8 Å². The maximum atomic E-state index is 12.9. The molecule has 0 radical (unpaired) electrons. The molecule has 3 rings (SSSR count). The second-order valence-electron chi connectivity index (χ2n) is 6.01. The highest BCUT2D eigenvalue weighted by atomic mass is 16.5. The fraction of sp³-hybridized carbons (Fsp3) is 0.389. The van der Waals surface area contributed by atoms with Crippen molar-refractivity contribution in [3.8, 4) is 5.75 Å². The van der Waals surface area contributed by atoms with Crippen LogP contribution in [0.5, 0.6) is 5.75 Å². The van der Waals surface area contributed by atoms with Gasteiger partial charge in [0.15, 0.2) is 5.76 Å². The summed E-state index contributed by atoms with van der Waals surface area (Å²) in [5.41, 5.74) is 1.77. The first-order valence-electron chi connectivity index (χ1n) is 7.69. The molecule has 2 aromatic rings. The number of amides is 1. The predicted octanol–water partition coefficient (Wildman–Crippen LogP) is 2.85. The SMILES string of the molecule is COc1cccc(C2CC(O)CN2C(=O)c2oc(C)cc2C)c1. The number of likely N-dealkylation sites (tertiary alicyclic amines) is 1. The molecule has 2 heterocycles. The van der Waals surface area contributed by atoms with Crippen LogP contribution in [0.4, 0.5) is 0 Å². The van der Waals surface area contributed by atoms with Gasteiger partial charge in [-0.1, -0.05) is 12.1 Å². The summed E-state index contributed by atoms with van der Waals surface area (Å²) in [6.07, 6.45) is -0.0241. The van der Waals surface area contributed by atoms with Gasteiger partial charge < -0.3 is 19.2 Å². The Balaban J connectivity index is 1.93. The normalized spacial score (nSPS) is 20.8. The third-order valence-electron chi connectivity index (χ3n) is 4.25. The van der Waals surface area contributed by atoms with Crippen molar-refractivity contribution in [1.82, 2.24) is 4.90 Å². The van der Waals surface area contributed by atoms with Crippen LogP contribution in [0.2, 0.25) is 0 Å². The van der Waals surface area contributed by atoms with Crippen LogP contribution in [0.3, 0.4) is 0 Å². The number of furan rings is 1. The van der Waals surface area contributed by atoms with Crippen molar-refractivity contribution < 1.29 is 19.1 Å². The third-order valence-corrected chi connectivity index (χ3v) is 4.25. The Hall–Kier alpha value is -2.27. The monoisotopic (exact) mass is 315 g/mol. The van der Waals surface area contributed by atoms with Gasteiger partial charge in [-0.2, -0.15) is 0 Å². The lowest BCUT2D eigenvalue weighted by atomic mass is 10.0. The van der Waals surface area contributed by atoms with E-state index in [0.717, 1.165) is 16.9 Å². The number of aryl methyl sites for hydroxylation is 2. The minimum atomic E-state index is -0.536. The van der Waals surface area contributed by atoms with Crippen molar-refractivity contribution in [2.75, 3.05) is 13.7 Å². The van der Waals surface area contributed by atoms with Crippen molar-refractivity contribution in [2.45, 2.75) is 32.4 Å². The van der Waals surface area contributed by atoms with E-state index >= 15 is 0 Å². The van der Waals surface area contributed by atoms with Gasteiger partial charge in [-0.25, -0.2) is 0 Å². The molecule has 0 aliphatic carbocycles. The number of aliphatic hydroxyl groups excluding tert-OH is 1. The Morgan fingerprint density at radius 1 is 1.35 bits per heavy atom. The highest BCUT2D eigenvalue weighted by molar-refractivity contribution is 5.93. The molecule has 1 N–H and O–H groups in total. The average molecular weight is 315 g/mol. The predicted molar refractivity (Wildman–Crippen MR) is 85.6 cm³/mol. The van der Waals surface area contributed by atoms with Crippen molar-refractivity contribution in [3.63, 3.8) is 0 Å². The Kier molecular flexibility index (Phi) is 4.13. The van der Waals surface area contributed by atoms with Crippen molar-refractivity contribution >= 4 is 5.91 Å². The van der Waals surface area contributed by atoms with E-state index in [2.05, 4.69) is 0 Å². The van der Waals surface area contributed by atoms with E-state index in [4.69, 9.17) is 9.15 Å². The fourth-order valence-electron chi connectivity index (χ4n) is 3.19. The van der Waals surface area contributed by atoms with Crippen LogP contribution in [-0.2, 0) is 0 Å². The summed E-state index contributed by atoms with van der Waals surface area (Å²) in [5, 5.41) is 10.1. The highest BCUT2D eigenvalue weighted by Gasteiger charge is 2.37. The molecule has 1 saturated heterocycles. The van der Waals surface area contributed by atoms with E-state index in [0.29, 0.717) is 24.5 Å². The Labute approximate surface area is 135 Å². The summed E-state index contributed by atoms with van der Waals surface area (Å²) in [7, 11) is 1.61. The zero-order chi connectivity index (χ0) is 16.6. The molecule has 1 amide bonds. The molecule has 1 aromatic heterocycles. The summed E-state index contributed by atoms with van der Waals surface area (Å²) in [5.74, 6) is 1.62. The van der Waals surface area contributed by atoms with Crippen LogP contribution >= 0.6 is 0 Å². The fourth-order valence-corrected chi connectivity index (χ4v) is 3.19. The van der Waals surface area contributed by atoms with Gasteiger partial charge in [0.05, 0.1) is 19.3 Å². The first-order chi connectivity index (χ1) is 11.0. The van der Waals surface area contributed by atoms with Gasteiger partial charge in [0.25, 0.3) is 5.91 Å². The van der Waals surface area contributed by atoms with E-state index in [1.54, 1.807) is 12.0 Å². The molecule has 2 unspecified atom stereocenters. The van der Waals surface area contributed by atoms with E-state index in [-0.39, 0.29) is 11.9 Å². The minimum absolute atomic E-state index is 0.181. The Morgan fingerprint density at radius 3 is 2.78 bits per heavy atom. The summed E-state index contributed by atoms with van der Waals surface area (Å²) in [4.78, 5) is 14.5. The van der Waals surface area contributed by atoms with Crippen LogP contribution in [0.15, 0.2) is 34.7 Å². The average Bonchev–Trinajstić information content (AvgIpc) is 3.09. The number of β-amino-alcohol motifs (C(OH)–C–C–N with tert-alkyl or cyclic N) is 1. The molecule has 1 aliphatic heterocycles. The van der Waals surface area contributed by atoms with Crippen LogP contribution in [0.25, 0.3) is 0 Å². The number of aliphatic hydroxyl groups is 1. The van der Waals surface area contributed by atoms with Gasteiger partial charge in [-0.05, 0) is 44.0 Å². The van der Waals surface area contributed by atoms with Gasteiger partial charge in [0, 0.05) is 12.1 Å². The number of rotatable bonds is 3. The molecule has 1 fully saturated rings. The maximum absolute atomic E-state index is 12.9. The quantitative estimate of drug-likeness (QED) is 0.946. The first kappa shape index (κ1) is 15.6. The molecule has 2 atom stereocenters. The van der Waals surface area contributed by atoms with Crippen LogP contribution < -0.4 is 4.74 Å². The summed E-state index contributed by atoms with van der Waals surface area (Å²) in [6, 6.07) is 9.28. The first-order valence-corrected chi connectivity index (χ1v) is 7.69. The molecule has 122 valence electrons. The van der Waals surface area contributed by atoms with Gasteiger partial charge >= 0.3 is 0 Å². The second-order valence-corrected chi connectivity index (χ2v) is 6.01. The van der Waals surface area contributed by atoms with Crippen LogP contribution in [0.1, 0.15) is 39.9 Å². The molecule has 0 bridgehead atoms. The lowest BCUT2D eigenvalue weighted by Gasteiger charge is -2.24. The largest absolute Gasteiger partial charge is 0.497 e. The number of carbonyl (C=O) groups is 1. The molecule has 5 nitrogen and oxygen atoms in total. The number of nitrogens with zero attached hydrogens (tertiary/aromatic N) is 1. The summed E-state index contributed by atoms with van der Waals surface area (Å²) < 4.78 is 10.8. The van der Waals surface area contributed by atoms with Gasteiger partial charge in [-0.3, -0.25) is 4.79 Å². The number of benzene rings is 1. The third kappa shape index (κ3) is 2.97. The molecule has 0 spiro atoms. The summed E-state index contributed by atoms with van der Waals surface area (Å²) in [6.45, 7) is 3.98. The molecule has 1 aromatic carbocycles. The zero-order valence-corrected chi connectivity index (χ0v) is 13.6. The van der Waals surface area contributed by atoms with E-state index in [1.807, 2.05) is 44.2 Å². The topological polar surface area (TPSA) is 62.9 Å². The molecular weight excluding hydrogens is 294 g/mol. The van der Waals surface area contributed by atoms with E-state index in [9.17, 15) is 9.90 Å². The van der Waals surface area contributed by atoms with Gasteiger partial charge in [0.2, 0.25) is 0 Å². The molecular formula is C18H21NO4. The molecule has 0 saturated carbocycles. The smallest absolute Gasteiger partial charge is 0.290 e. The lowest BCUT2D eigenvalue weighted by molar-refractivity contribution is 0.0681. The van der Waals surface area contributed by atoms with Gasteiger partial charge in [-0.15, -0.1) is 0 Å². The van der Waals surface area contributed by atoms with E-state index < -0.39 is 6.10 Å². The number of hydrogen-bond acceptors (Lipinski definition) is 4. The van der Waals surface area contributed by atoms with Gasteiger partial charge in [0.1, 0.15) is 11.5 Å². The number of hydrogen-bond donors (Lipinski definition) is 1. The molecule has 1 aliphatic rings. The Morgan fingerprint density at radius 2 is 2.13 bits per heavy atom. The standard InChI is InChI=1S/C18H21NO4/c1-11-7-12(2)23-17(11)18(21)19-10-14(20)9-16(19)13-5-4-6-15(8-13)22-3/h4-8,14,16,20H,9-10H2,1-3H3. The number of methoxy groups -OCH3 is 1. The lowest BCUT2D eigenvalue weighted by Crippen LogP contribution is -2.32. The van der Waals surface area contributed by atoms with Crippen molar-refractivity contribution in [2.24, 2.45) is 0 Å². The Bertz CT molecular complexity index is 722. The highest BCUT2D eigenvalue weighted by Crippen LogP contribution is 2.35. The number of carbonyl (C=O) groups excluding carboxylic acids is 1. The van der Waals surface area contributed by atoms with Crippen LogP contribution in [-0.4, -0.2) is 35.7 Å². The second kappa shape index (κ2) is 6.08. The van der Waals surface area contributed by atoms with Crippen molar-refractivity contribution in [3.05, 3.63) is 53.0 Å². The summed E-state index contributed by atoms with van der Waals surface area (Å²) >= 11 is 0. The molecule has 5 heteroatoms. The molecule has 23 heavy (non-hydrogen) atoms. The van der Waals surface area contributed by atoms with E-state index in [1.165, 1.54) is 0 Å². The number of ether oxygens (including phenoxy) is 1. The maximum Gasteiger partial charge on any atom is 0.290 e. The minimum Gasteiger partial charge on any atom is -0.497 e. The van der Waals surface area contributed by atoms with Crippen molar-refractivity contribution in [1.29, 1.82) is 0 Å².